The smallest absolute Gasteiger partial charge is 0.331 e. The van der Waals surface area contributed by atoms with Gasteiger partial charge in [-0.2, -0.15) is 5.10 Å². The molecule has 140 valence electrons. The molecule has 2 rings (SSSR count). The average molecular weight is 386 g/mol. The van der Waals surface area contributed by atoms with Gasteiger partial charge in [0.1, 0.15) is 5.15 Å². The van der Waals surface area contributed by atoms with Gasteiger partial charge >= 0.3 is 5.97 Å². The Bertz CT molecular complexity index is 892. The van der Waals surface area contributed by atoms with Crippen LogP contribution in [0.15, 0.2) is 30.3 Å². The largest absolute Gasteiger partial charge is 0.452 e. The molecule has 0 aliphatic heterocycles. The highest BCUT2D eigenvalue weighted by Crippen LogP contribution is 2.22. The highest BCUT2D eigenvalue weighted by atomic mass is 35.5. The Balaban J connectivity index is 2.00. The zero-order valence-electron chi connectivity index (χ0n) is 15.2. The second-order valence-corrected chi connectivity index (χ2v) is 6.21. The van der Waals surface area contributed by atoms with Crippen molar-refractivity contribution in [3.63, 3.8) is 0 Å². The first-order valence-corrected chi connectivity index (χ1v) is 8.62. The van der Waals surface area contributed by atoms with Crippen molar-refractivity contribution in [2.24, 2.45) is 0 Å². The Kier molecular flexibility index (Phi) is 7.21. The topological polar surface area (TPSA) is 73.2 Å². The summed E-state index contributed by atoms with van der Waals surface area (Å²) in [7, 11) is 0. The first kappa shape index (κ1) is 20.3. The van der Waals surface area contributed by atoms with Crippen LogP contribution in [0.1, 0.15) is 22.4 Å². The second kappa shape index (κ2) is 9.60. The van der Waals surface area contributed by atoms with Crippen molar-refractivity contribution in [1.29, 1.82) is 0 Å². The first-order chi connectivity index (χ1) is 12.9. The van der Waals surface area contributed by atoms with Gasteiger partial charge in [-0.05, 0) is 25.5 Å². The summed E-state index contributed by atoms with van der Waals surface area (Å²) in [6, 6.07) is 8.08. The number of benzene rings is 1. The van der Waals surface area contributed by atoms with E-state index in [1.807, 2.05) is 31.2 Å². The van der Waals surface area contributed by atoms with E-state index in [0.717, 1.165) is 5.56 Å². The van der Waals surface area contributed by atoms with Crippen LogP contribution in [-0.4, -0.2) is 34.8 Å². The lowest BCUT2D eigenvalue weighted by atomic mass is 10.1. The third-order valence-corrected chi connectivity index (χ3v) is 4.08. The zero-order valence-corrected chi connectivity index (χ0v) is 15.9. The number of aromatic nitrogens is 2. The maximum atomic E-state index is 11.7. The molecule has 0 bridgehead atoms. The van der Waals surface area contributed by atoms with E-state index in [0.29, 0.717) is 23.0 Å². The standard InChI is InChI=1S/C20H20ClN3O3/c1-4-11-22-18(25)13-27-19(26)10-9-17-15(3)23-24(20(17)21)12-16-7-5-14(2)6-8-16/h1,5-10H,11-13H2,2-3H3,(H,22,25)/b10-9+. The maximum Gasteiger partial charge on any atom is 0.331 e. The molecule has 1 amide bonds. The molecule has 0 unspecified atom stereocenters. The molecular formula is C20H20ClN3O3. The number of nitrogens with one attached hydrogen (secondary N) is 1. The van der Waals surface area contributed by atoms with E-state index >= 15 is 0 Å². The van der Waals surface area contributed by atoms with Gasteiger partial charge in [0, 0.05) is 11.6 Å². The van der Waals surface area contributed by atoms with Crippen LogP contribution in [0.25, 0.3) is 6.08 Å². The third-order valence-electron chi connectivity index (χ3n) is 3.68. The summed E-state index contributed by atoms with van der Waals surface area (Å²) in [4.78, 5) is 23.1. The van der Waals surface area contributed by atoms with Gasteiger partial charge in [-0.1, -0.05) is 47.4 Å². The number of hydrogen-bond acceptors (Lipinski definition) is 4. The van der Waals surface area contributed by atoms with Crippen molar-refractivity contribution in [2.45, 2.75) is 20.4 Å². The van der Waals surface area contributed by atoms with E-state index in [4.69, 9.17) is 22.8 Å². The second-order valence-electron chi connectivity index (χ2n) is 5.86. The molecule has 6 nitrogen and oxygen atoms in total. The van der Waals surface area contributed by atoms with Crippen molar-refractivity contribution in [2.75, 3.05) is 13.2 Å². The Morgan fingerprint density at radius 3 is 2.70 bits per heavy atom. The van der Waals surface area contributed by atoms with Crippen LogP contribution >= 0.6 is 11.6 Å². The fourth-order valence-corrected chi connectivity index (χ4v) is 2.56. The predicted molar refractivity (Wildman–Crippen MR) is 104 cm³/mol. The van der Waals surface area contributed by atoms with Crippen LogP contribution in [0.4, 0.5) is 0 Å². The van der Waals surface area contributed by atoms with Crippen LogP contribution in [0.2, 0.25) is 5.15 Å². The number of carbonyl (C=O) groups is 2. The molecule has 0 aliphatic carbocycles. The molecular weight excluding hydrogens is 366 g/mol. The van der Waals surface area contributed by atoms with Gasteiger partial charge < -0.3 is 10.1 Å². The van der Waals surface area contributed by atoms with Crippen LogP contribution in [-0.2, 0) is 20.9 Å². The SMILES string of the molecule is C#CCNC(=O)COC(=O)/C=C/c1c(C)nn(Cc2ccc(C)cc2)c1Cl. The molecule has 1 heterocycles. The molecule has 0 radical (unpaired) electrons. The van der Waals surface area contributed by atoms with Gasteiger partial charge in [0.15, 0.2) is 6.61 Å². The lowest BCUT2D eigenvalue weighted by Gasteiger charge is -2.04. The highest BCUT2D eigenvalue weighted by Gasteiger charge is 2.12. The molecule has 0 spiro atoms. The molecule has 0 aliphatic rings. The number of rotatable bonds is 7. The van der Waals surface area contributed by atoms with Crippen LogP contribution < -0.4 is 5.32 Å². The average Bonchev–Trinajstić information content (AvgIpc) is 2.91. The van der Waals surface area contributed by atoms with Gasteiger partial charge in [-0.3, -0.25) is 4.79 Å². The Morgan fingerprint density at radius 2 is 2.04 bits per heavy atom. The molecule has 1 N–H and O–H groups in total. The summed E-state index contributed by atoms with van der Waals surface area (Å²) in [5.74, 6) is 1.13. The van der Waals surface area contributed by atoms with Crippen LogP contribution in [0, 0.1) is 26.2 Å². The quantitative estimate of drug-likeness (QED) is 0.451. The van der Waals surface area contributed by atoms with Crippen molar-refractivity contribution >= 4 is 29.6 Å². The number of aryl methyl sites for hydroxylation is 2. The number of hydrogen-bond donors (Lipinski definition) is 1. The van der Waals surface area contributed by atoms with Gasteiger partial charge in [-0.25, -0.2) is 9.48 Å². The minimum absolute atomic E-state index is 0.0845. The highest BCUT2D eigenvalue weighted by molar-refractivity contribution is 6.31. The van der Waals surface area contributed by atoms with E-state index in [1.165, 1.54) is 17.7 Å². The molecule has 7 heteroatoms. The Hall–Kier alpha value is -3.04. The third kappa shape index (κ3) is 6.01. The van der Waals surface area contributed by atoms with Gasteiger partial charge in [0.25, 0.3) is 5.91 Å². The summed E-state index contributed by atoms with van der Waals surface area (Å²) in [6.45, 7) is 4.03. The molecule has 27 heavy (non-hydrogen) atoms. The number of terminal acetylenes is 1. The maximum absolute atomic E-state index is 11.7. The van der Waals surface area contributed by atoms with Crippen LogP contribution in [0.5, 0.6) is 0 Å². The molecule has 2 aromatic rings. The molecule has 0 saturated heterocycles. The number of carbonyl (C=O) groups excluding carboxylic acids is 2. The summed E-state index contributed by atoms with van der Waals surface area (Å²) < 4.78 is 6.51. The molecule has 1 aromatic carbocycles. The number of amides is 1. The van der Waals surface area contributed by atoms with E-state index in [-0.39, 0.29) is 6.54 Å². The number of halogens is 1. The van der Waals surface area contributed by atoms with Crippen molar-refractivity contribution in [3.05, 3.63) is 57.9 Å². The minimum atomic E-state index is -0.660. The lowest BCUT2D eigenvalue weighted by molar-refractivity contribution is -0.143. The summed E-state index contributed by atoms with van der Waals surface area (Å²) >= 11 is 6.39. The van der Waals surface area contributed by atoms with Gasteiger partial charge in [0.2, 0.25) is 0 Å². The lowest BCUT2D eigenvalue weighted by Crippen LogP contribution is -2.28. The van der Waals surface area contributed by atoms with E-state index in [1.54, 1.807) is 11.6 Å². The van der Waals surface area contributed by atoms with E-state index in [2.05, 4.69) is 16.3 Å². The monoisotopic (exact) mass is 385 g/mol. The first-order valence-electron chi connectivity index (χ1n) is 8.24. The fraction of sp³-hybridized carbons (Fsp3) is 0.250. The molecule has 0 atom stereocenters. The number of esters is 1. The Labute approximate surface area is 163 Å². The minimum Gasteiger partial charge on any atom is -0.452 e. The normalized spacial score (nSPS) is 10.6. The van der Waals surface area contributed by atoms with Gasteiger partial charge in [-0.15, -0.1) is 6.42 Å². The van der Waals surface area contributed by atoms with Gasteiger partial charge in [0.05, 0.1) is 18.8 Å². The van der Waals surface area contributed by atoms with E-state index < -0.39 is 18.5 Å². The zero-order chi connectivity index (χ0) is 19.8. The van der Waals surface area contributed by atoms with Crippen molar-refractivity contribution in [1.82, 2.24) is 15.1 Å². The predicted octanol–water partition coefficient (Wildman–Crippen LogP) is 2.51. The number of nitrogens with zero attached hydrogens (tertiary/aromatic N) is 2. The van der Waals surface area contributed by atoms with Crippen molar-refractivity contribution in [3.8, 4) is 12.3 Å². The van der Waals surface area contributed by atoms with E-state index in [9.17, 15) is 9.59 Å². The number of ether oxygens (including phenoxy) is 1. The summed E-state index contributed by atoms with van der Waals surface area (Å²) in [5.41, 5.74) is 3.55. The summed E-state index contributed by atoms with van der Waals surface area (Å²) in [6.07, 6.45) is 7.76. The molecule has 1 aromatic heterocycles. The van der Waals surface area contributed by atoms with Crippen molar-refractivity contribution < 1.29 is 14.3 Å². The Morgan fingerprint density at radius 1 is 1.33 bits per heavy atom. The van der Waals surface area contributed by atoms with Crippen LogP contribution in [0.3, 0.4) is 0 Å². The molecule has 0 saturated carbocycles. The fourth-order valence-electron chi connectivity index (χ4n) is 2.26. The summed E-state index contributed by atoms with van der Waals surface area (Å²) in [5, 5.41) is 7.23. The molecule has 0 fully saturated rings.